The number of carbonyl (C=O) groups is 1. The molecule has 122 valence electrons. The van der Waals surface area contributed by atoms with Gasteiger partial charge in [0.25, 0.3) is 10.0 Å². The average Bonchev–Trinajstić information content (AvgIpc) is 2.52. The number of hydrogen-bond donors (Lipinski definition) is 0. The number of methoxy groups -OCH3 is 1. The molecular weight excluding hydrogens is 382 g/mol. The number of sulfonamides is 1. The van der Waals surface area contributed by atoms with Crippen molar-refractivity contribution in [3.8, 4) is 0 Å². The predicted octanol–water partition coefficient (Wildman–Crippen LogP) is 3.13. The van der Waals surface area contributed by atoms with Gasteiger partial charge in [-0.25, -0.2) is 8.42 Å². The molecule has 2 aromatic rings. The Morgan fingerprint density at radius 3 is 2.39 bits per heavy atom. The molecular formula is C16H16BrNO4S. The van der Waals surface area contributed by atoms with Gasteiger partial charge < -0.3 is 4.74 Å². The van der Waals surface area contributed by atoms with Crippen LogP contribution in [0, 0.1) is 6.92 Å². The minimum atomic E-state index is -3.88. The lowest BCUT2D eigenvalue weighted by atomic mass is 10.2. The van der Waals surface area contributed by atoms with Crippen LogP contribution in [0.5, 0.6) is 0 Å². The third kappa shape index (κ3) is 4.11. The molecule has 0 aliphatic rings. The van der Waals surface area contributed by atoms with Crippen molar-refractivity contribution < 1.29 is 17.9 Å². The Bertz CT molecular complexity index is 803. The van der Waals surface area contributed by atoms with Crippen LogP contribution < -0.4 is 4.31 Å². The van der Waals surface area contributed by atoms with E-state index in [-0.39, 0.29) is 4.90 Å². The Balaban J connectivity index is 2.51. The molecule has 0 aliphatic carbocycles. The normalized spacial score (nSPS) is 11.1. The number of hydrogen-bond acceptors (Lipinski definition) is 4. The van der Waals surface area contributed by atoms with E-state index < -0.39 is 22.5 Å². The third-order valence-corrected chi connectivity index (χ3v) is 5.51. The first-order valence-electron chi connectivity index (χ1n) is 6.76. The summed E-state index contributed by atoms with van der Waals surface area (Å²) in [6, 6.07) is 13.2. The van der Waals surface area contributed by atoms with Crippen molar-refractivity contribution in [3.05, 3.63) is 58.6 Å². The van der Waals surface area contributed by atoms with Crippen LogP contribution in [0.1, 0.15) is 5.56 Å². The Hall–Kier alpha value is -1.86. The van der Waals surface area contributed by atoms with E-state index in [0.717, 1.165) is 14.3 Å². The van der Waals surface area contributed by atoms with Crippen molar-refractivity contribution in [2.24, 2.45) is 0 Å². The molecule has 0 fully saturated rings. The van der Waals surface area contributed by atoms with E-state index in [1.807, 2.05) is 13.0 Å². The number of rotatable bonds is 5. The molecule has 7 heteroatoms. The quantitative estimate of drug-likeness (QED) is 0.726. The maximum atomic E-state index is 12.9. The summed E-state index contributed by atoms with van der Waals surface area (Å²) in [5, 5.41) is 0. The van der Waals surface area contributed by atoms with E-state index in [9.17, 15) is 13.2 Å². The second-order valence-corrected chi connectivity index (χ2v) is 7.66. The number of benzene rings is 2. The van der Waals surface area contributed by atoms with Crippen LogP contribution in [0.4, 0.5) is 5.69 Å². The van der Waals surface area contributed by atoms with E-state index >= 15 is 0 Å². The fraction of sp³-hybridized carbons (Fsp3) is 0.188. The minimum Gasteiger partial charge on any atom is -0.468 e. The molecule has 0 aliphatic heterocycles. The first-order valence-corrected chi connectivity index (χ1v) is 8.99. The zero-order chi connectivity index (χ0) is 17.0. The first kappa shape index (κ1) is 17.5. The number of ether oxygens (including phenoxy) is 1. The van der Waals surface area contributed by atoms with Crippen LogP contribution in [0.3, 0.4) is 0 Å². The number of esters is 1. The number of aryl methyl sites for hydroxylation is 1. The van der Waals surface area contributed by atoms with Gasteiger partial charge >= 0.3 is 5.97 Å². The van der Waals surface area contributed by atoms with E-state index in [1.165, 1.54) is 19.2 Å². The number of carbonyl (C=O) groups excluding carboxylic acids is 1. The molecule has 0 unspecified atom stereocenters. The van der Waals surface area contributed by atoms with Crippen LogP contribution in [0.25, 0.3) is 0 Å². The van der Waals surface area contributed by atoms with Crippen LogP contribution in [-0.2, 0) is 19.6 Å². The fourth-order valence-corrected chi connectivity index (χ4v) is 3.68. The second-order valence-electron chi connectivity index (χ2n) is 4.88. The molecule has 2 rings (SSSR count). The zero-order valence-corrected chi connectivity index (χ0v) is 15.1. The van der Waals surface area contributed by atoms with Crippen molar-refractivity contribution in [2.75, 3.05) is 18.0 Å². The summed E-state index contributed by atoms with van der Waals surface area (Å²) in [7, 11) is -2.66. The lowest BCUT2D eigenvalue weighted by Gasteiger charge is -2.23. The standard InChI is InChI=1S/C16H16BrNO4S/c1-12-4-3-5-14(10-12)18(11-16(19)22-2)23(20,21)15-8-6-13(17)7-9-15/h3-10H,11H2,1-2H3. The van der Waals surface area contributed by atoms with Gasteiger partial charge in [0.2, 0.25) is 0 Å². The monoisotopic (exact) mass is 397 g/mol. The highest BCUT2D eigenvalue weighted by molar-refractivity contribution is 9.10. The lowest BCUT2D eigenvalue weighted by Crippen LogP contribution is -2.36. The second kappa shape index (κ2) is 7.14. The molecule has 2 aromatic carbocycles. The van der Waals surface area contributed by atoms with Crippen LogP contribution in [0.15, 0.2) is 57.9 Å². The largest absolute Gasteiger partial charge is 0.468 e. The smallest absolute Gasteiger partial charge is 0.326 e. The molecule has 0 atom stereocenters. The van der Waals surface area contributed by atoms with Gasteiger partial charge in [-0.15, -0.1) is 0 Å². The molecule has 0 radical (unpaired) electrons. The molecule has 0 saturated heterocycles. The lowest BCUT2D eigenvalue weighted by molar-refractivity contribution is -0.138. The summed E-state index contributed by atoms with van der Waals surface area (Å²) in [5.41, 5.74) is 1.31. The van der Waals surface area contributed by atoms with Gasteiger partial charge in [0.15, 0.2) is 0 Å². The van der Waals surface area contributed by atoms with E-state index in [2.05, 4.69) is 20.7 Å². The van der Waals surface area contributed by atoms with Crippen molar-refractivity contribution in [1.82, 2.24) is 0 Å². The van der Waals surface area contributed by atoms with Crippen molar-refractivity contribution in [3.63, 3.8) is 0 Å². The summed E-state index contributed by atoms with van der Waals surface area (Å²) in [4.78, 5) is 11.8. The van der Waals surface area contributed by atoms with Crippen LogP contribution >= 0.6 is 15.9 Å². The molecule has 0 bridgehead atoms. The molecule has 0 aromatic heterocycles. The topological polar surface area (TPSA) is 63.7 Å². The third-order valence-electron chi connectivity index (χ3n) is 3.19. The summed E-state index contributed by atoms with van der Waals surface area (Å²) in [6.07, 6.45) is 0. The molecule has 5 nitrogen and oxygen atoms in total. The first-order chi connectivity index (χ1) is 10.8. The zero-order valence-electron chi connectivity index (χ0n) is 12.7. The minimum absolute atomic E-state index is 0.103. The van der Waals surface area contributed by atoms with E-state index in [1.54, 1.807) is 30.3 Å². The number of nitrogens with zero attached hydrogens (tertiary/aromatic N) is 1. The van der Waals surface area contributed by atoms with Crippen molar-refractivity contribution >= 4 is 37.6 Å². The summed E-state index contributed by atoms with van der Waals surface area (Å²) < 4.78 is 32.3. The van der Waals surface area contributed by atoms with E-state index in [0.29, 0.717) is 5.69 Å². The SMILES string of the molecule is COC(=O)CN(c1cccc(C)c1)S(=O)(=O)c1ccc(Br)cc1. The molecule has 0 spiro atoms. The molecule has 0 amide bonds. The highest BCUT2D eigenvalue weighted by atomic mass is 79.9. The molecule has 23 heavy (non-hydrogen) atoms. The van der Waals surface area contributed by atoms with Gasteiger partial charge in [0.1, 0.15) is 6.54 Å². The van der Waals surface area contributed by atoms with Gasteiger partial charge in [-0.3, -0.25) is 9.10 Å². The van der Waals surface area contributed by atoms with Gasteiger partial charge in [0.05, 0.1) is 17.7 Å². The fourth-order valence-electron chi connectivity index (χ4n) is 2.01. The van der Waals surface area contributed by atoms with Crippen molar-refractivity contribution in [2.45, 2.75) is 11.8 Å². The predicted molar refractivity (Wildman–Crippen MR) is 91.9 cm³/mol. The van der Waals surface area contributed by atoms with Gasteiger partial charge in [-0.05, 0) is 48.9 Å². The summed E-state index contributed by atoms with van der Waals surface area (Å²) in [6.45, 7) is 1.46. The average molecular weight is 398 g/mol. The van der Waals surface area contributed by atoms with Crippen LogP contribution in [-0.4, -0.2) is 28.0 Å². The maximum absolute atomic E-state index is 12.9. The van der Waals surface area contributed by atoms with Crippen molar-refractivity contribution in [1.29, 1.82) is 0 Å². The van der Waals surface area contributed by atoms with Gasteiger partial charge in [0, 0.05) is 4.47 Å². The Labute approximate surface area is 144 Å². The summed E-state index contributed by atoms with van der Waals surface area (Å²) >= 11 is 3.27. The summed E-state index contributed by atoms with van der Waals surface area (Å²) in [5.74, 6) is -0.632. The van der Waals surface area contributed by atoms with Crippen LogP contribution in [0.2, 0.25) is 0 Å². The molecule has 0 heterocycles. The Kier molecular flexibility index (Phi) is 5.43. The highest BCUT2D eigenvalue weighted by Gasteiger charge is 2.27. The van der Waals surface area contributed by atoms with Gasteiger partial charge in [-0.1, -0.05) is 28.1 Å². The number of halogens is 1. The molecule has 0 N–H and O–H groups in total. The Morgan fingerprint density at radius 2 is 1.83 bits per heavy atom. The highest BCUT2D eigenvalue weighted by Crippen LogP contribution is 2.25. The Morgan fingerprint density at radius 1 is 1.17 bits per heavy atom. The maximum Gasteiger partial charge on any atom is 0.326 e. The van der Waals surface area contributed by atoms with E-state index in [4.69, 9.17) is 0 Å². The number of anilines is 1. The molecule has 0 saturated carbocycles. The van der Waals surface area contributed by atoms with Gasteiger partial charge in [-0.2, -0.15) is 0 Å².